The Morgan fingerprint density at radius 3 is 2.76 bits per heavy atom. The van der Waals surface area contributed by atoms with E-state index in [-0.39, 0.29) is 23.9 Å². The fourth-order valence-electron chi connectivity index (χ4n) is 3.74. The van der Waals surface area contributed by atoms with Gasteiger partial charge in [-0.25, -0.2) is 9.78 Å². The lowest BCUT2D eigenvalue weighted by atomic mass is 10.2. The van der Waals surface area contributed by atoms with Crippen molar-refractivity contribution in [1.29, 1.82) is 0 Å². The Morgan fingerprint density at radius 1 is 1.24 bits per heavy atom. The first kappa shape index (κ1) is 23.2. The summed E-state index contributed by atoms with van der Waals surface area (Å²) in [5, 5.41) is 15.2. The van der Waals surface area contributed by atoms with E-state index in [1.807, 2.05) is 25.3 Å². The number of hydrogen-bond acceptors (Lipinski definition) is 8. The zero-order chi connectivity index (χ0) is 24.5. The topological polar surface area (TPSA) is 129 Å². The van der Waals surface area contributed by atoms with E-state index in [0.29, 0.717) is 36.0 Å². The van der Waals surface area contributed by atoms with E-state index in [1.54, 1.807) is 42.7 Å². The summed E-state index contributed by atoms with van der Waals surface area (Å²) in [4.78, 5) is 31.4. The van der Waals surface area contributed by atoms with Gasteiger partial charge in [0, 0.05) is 26.3 Å². The van der Waals surface area contributed by atoms with Crippen molar-refractivity contribution >= 4 is 17.8 Å². The number of nitrogens with zero attached hydrogens (tertiary/aromatic N) is 7. The summed E-state index contributed by atoms with van der Waals surface area (Å²) >= 11 is 0. The third-order valence-electron chi connectivity index (χ3n) is 5.23. The minimum absolute atomic E-state index is 0.0165. The number of ether oxygens (including phenoxy) is 2. The molecule has 0 aliphatic carbocycles. The predicted octanol–water partition coefficient (Wildman–Crippen LogP) is 2.52. The van der Waals surface area contributed by atoms with E-state index in [2.05, 4.69) is 25.6 Å². The van der Waals surface area contributed by atoms with Crippen molar-refractivity contribution in [3.8, 4) is 17.4 Å². The Labute approximate surface area is 196 Å². The van der Waals surface area contributed by atoms with Gasteiger partial charge < -0.3 is 24.3 Å². The maximum absolute atomic E-state index is 12.7. The number of methoxy groups -OCH3 is 1. The first-order valence-corrected chi connectivity index (χ1v) is 10.9. The van der Waals surface area contributed by atoms with Crippen LogP contribution in [0.3, 0.4) is 0 Å². The number of rotatable bonds is 5. The van der Waals surface area contributed by atoms with Crippen molar-refractivity contribution in [3.05, 3.63) is 36.3 Å². The Balaban J connectivity index is 1.50. The second kappa shape index (κ2) is 9.12. The smallest absolute Gasteiger partial charge is 0.410 e. The Hall–Kier alpha value is -3.96. The molecule has 0 unspecified atom stereocenters. The fourth-order valence-corrected chi connectivity index (χ4v) is 3.74. The fraction of sp³-hybridized carbons (Fsp3) is 0.455. The molecule has 180 valence electrons. The molecule has 1 atom stereocenters. The molecule has 1 saturated heterocycles. The lowest BCUT2D eigenvalue weighted by Crippen LogP contribution is -2.35. The molecule has 1 N–H and O–H groups in total. The van der Waals surface area contributed by atoms with Gasteiger partial charge in [-0.15, -0.1) is 15.3 Å². The van der Waals surface area contributed by atoms with Crippen LogP contribution in [0.1, 0.15) is 43.6 Å². The minimum atomic E-state index is -0.550. The van der Waals surface area contributed by atoms with Gasteiger partial charge in [0.2, 0.25) is 5.88 Å². The molecule has 4 rings (SSSR count). The molecule has 34 heavy (non-hydrogen) atoms. The van der Waals surface area contributed by atoms with Crippen molar-refractivity contribution in [2.45, 2.75) is 38.8 Å². The van der Waals surface area contributed by atoms with Crippen molar-refractivity contribution in [2.75, 3.05) is 25.5 Å². The highest BCUT2D eigenvalue weighted by Gasteiger charge is 2.32. The highest BCUT2D eigenvalue weighted by atomic mass is 16.6. The van der Waals surface area contributed by atoms with Gasteiger partial charge in [-0.05, 0) is 39.3 Å². The van der Waals surface area contributed by atoms with Crippen LogP contribution in [0.4, 0.5) is 10.6 Å². The van der Waals surface area contributed by atoms with Crippen molar-refractivity contribution < 1.29 is 19.1 Å². The average Bonchev–Trinajstić information content (AvgIpc) is 3.51. The molecule has 12 nitrogen and oxygen atoms in total. The van der Waals surface area contributed by atoms with E-state index >= 15 is 0 Å². The third kappa shape index (κ3) is 5.00. The van der Waals surface area contributed by atoms with Crippen LogP contribution in [0.25, 0.3) is 11.5 Å². The van der Waals surface area contributed by atoms with Gasteiger partial charge in [0.1, 0.15) is 29.0 Å². The maximum atomic E-state index is 12.7. The highest BCUT2D eigenvalue weighted by molar-refractivity contribution is 6.05. The molecule has 0 spiro atoms. The van der Waals surface area contributed by atoms with Gasteiger partial charge in [-0.2, -0.15) is 0 Å². The lowest BCUT2D eigenvalue weighted by Gasteiger charge is -2.24. The number of likely N-dealkylation sites (tertiary alicyclic amines) is 1. The molecular weight excluding hydrogens is 440 g/mol. The van der Waals surface area contributed by atoms with Gasteiger partial charge in [0.05, 0.1) is 13.2 Å². The van der Waals surface area contributed by atoms with Crippen molar-refractivity contribution in [3.63, 3.8) is 0 Å². The summed E-state index contributed by atoms with van der Waals surface area (Å²) < 4.78 is 14.1. The number of nitrogens with one attached hydrogen (secondary N) is 1. The first-order chi connectivity index (χ1) is 16.1. The van der Waals surface area contributed by atoms with E-state index in [9.17, 15) is 9.59 Å². The Kier molecular flexibility index (Phi) is 6.22. The van der Waals surface area contributed by atoms with Crippen molar-refractivity contribution in [2.24, 2.45) is 7.05 Å². The molecule has 4 heterocycles. The Bertz CT molecular complexity index is 1200. The van der Waals surface area contributed by atoms with Crippen LogP contribution in [0.5, 0.6) is 5.88 Å². The summed E-state index contributed by atoms with van der Waals surface area (Å²) in [6.07, 6.45) is 3.61. The highest BCUT2D eigenvalue weighted by Crippen LogP contribution is 2.28. The van der Waals surface area contributed by atoms with E-state index < -0.39 is 5.60 Å². The van der Waals surface area contributed by atoms with Gasteiger partial charge in [-0.1, -0.05) is 6.07 Å². The summed E-state index contributed by atoms with van der Waals surface area (Å²) in [5.74, 6) is 0.738. The number of pyridine rings is 1. The molecule has 12 heteroatoms. The van der Waals surface area contributed by atoms with Gasteiger partial charge in [0.25, 0.3) is 5.91 Å². The molecule has 1 aliphatic rings. The monoisotopic (exact) mass is 468 g/mol. The van der Waals surface area contributed by atoms with Gasteiger partial charge >= 0.3 is 6.09 Å². The first-order valence-electron chi connectivity index (χ1n) is 10.9. The largest absolute Gasteiger partial charge is 0.479 e. The number of hydrogen-bond donors (Lipinski definition) is 1. The summed E-state index contributed by atoms with van der Waals surface area (Å²) in [5.41, 5.74) is 0.295. The molecular formula is C22H28N8O4. The standard InChI is InChI=1S/C22H28N8O4/c1-22(2,3)34-21(32)29-10-9-14(11-29)30-13-23-26-18(30)16-7-6-8-17(24-16)25-19(31)15-12-28(4)27-20(15)33-5/h6-8,12-14H,9-11H2,1-5H3,(H,24,25,31)/t14-/m1/s1. The molecule has 0 saturated carbocycles. The second-order valence-electron chi connectivity index (χ2n) is 9.02. The van der Waals surface area contributed by atoms with Crippen LogP contribution in [-0.2, 0) is 11.8 Å². The third-order valence-corrected chi connectivity index (χ3v) is 5.23. The van der Waals surface area contributed by atoms with Crippen LogP contribution >= 0.6 is 0 Å². The summed E-state index contributed by atoms with van der Waals surface area (Å²) in [7, 11) is 3.16. The summed E-state index contributed by atoms with van der Waals surface area (Å²) in [6.45, 7) is 6.60. The predicted molar refractivity (Wildman–Crippen MR) is 122 cm³/mol. The molecule has 0 bridgehead atoms. The van der Waals surface area contributed by atoms with E-state index in [4.69, 9.17) is 9.47 Å². The number of carbonyl (C=O) groups excluding carboxylic acids is 2. The van der Waals surface area contributed by atoms with E-state index in [0.717, 1.165) is 6.42 Å². The normalized spacial score (nSPS) is 15.9. The van der Waals surface area contributed by atoms with Gasteiger partial charge in [-0.3, -0.25) is 9.48 Å². The van der Waals surface area contributed by atoms with Crippen LogP contribution in [0.2, 0.25) is 0 Å². The average molecular weight is 469 g/mol. The number of aromatic nitrogens is 6. The Morgan fingerprint density at radius 2 is 2.03 bits per heavy atom. The molecule has 1 aliphatic heterocycles. The van der Waals surface area contributed by atoms with Crippen LogP contribution in [0.15, 0.2) is 30.7 Å². The lowest BCUT2D eigenvalue weighted by molar-refractivity contribution is 0.0289. The van der Waals surface area contributed by atoms with Crippen molar-refractivity contribution in [1.82, 2.24) is 34.4 Å². The molecule has 2 amide bonds. The SMILES string of the molecule is COc1nn(C)cc1C(=O)Nc1cccc(-c2nncn2[C@@H]2CCN(C(=O)OC(C)(C)C)C2)n1. The van der Waals surface area contributed by atoms with E-state index in [1.165, 1.54) is 11.8 Å². The molecule has 1 fully saturated rings. The number of amides is 2. The maximum Gasteiger partial charge on any atom is 0.410 e. The van der Waals surface area contributed by atoms with Crippen LogP contribution in [-0.4, -0.2) is 72.2 Å². The molecule has 0 radical (unpaired) electrons. The summed E-state index contributed by atoms with van der Waals surface area (Å²) in [6, 6.07) is 5.24. The zero-order valence-electron chi connectivity index (χ0n) is 19.8. The zero-order valence-corrected chi connectivity index (χ0v) is 19.8. The quantitative estimate of drug-likeness (QED) is 0.605. The number of aryl methyl sites for hydroxylation is 1. The second-order valence-corrected chi connectivity index (χ2v) is 9.02. The van der Waals surface area contributed by atoms with Crippen LogP contribution in [0, 0.1) is 0 Å². The van der Waals surface area contributed by atoms with Gasteiger partial charge in [0.15, 0.2) is 5.82 Å². The number of carbonyl (C=O) groups is 2. The minimum Gasteiger partial charge on any atom is -0.479 e. The number of anilines is 1. The van der Waals surface area contributed by atoms with Crippen LogP contribution < -0.4 is 10.1 Å². The molecule has 3 aromatic rings. The molecule has 0 aromatic carbocycles. The molecule has 3 aromatic heterocycles.